The summed E-state index contributed by atoms with van der Waals surface area (Å²) in [5.41, 5.74) is 5.64. The predicted octanol–water partition coefficient (Wildman–Crippen LogP) is 1.78. The molecule has 2 saturated carbocycles. The van der Waals surface area contributed by atoms with Crippen molar-refractivity contribution < 1.29 is 9.53 Å². The molecular weight excluding hydrogens is 252 g/mol. The molecule has 0 aromatic carbocycles. The maximum absolute atomic E-state index is 13.0. The summed E-state index contributed by atoms with van der Waals surface area (Å²) in [5, 5.41) is 0. The van der Waals surface area contributed by atoms with Crippen LogP contribution in [0.5, 0.6) is 0 Å². The highest BCUT2D eigenvalue weighted by Crippen LogP contribution is 2.58. The lowest BCUT2D eigenvalue weighted by Gasteiger charge is -2.65. The number of hydrogen-bond acceptors (Lipinski definition) is 3. The van der Waals surface area contributed by atoms with Crippen molar-refractivity contribution in [3.63, 3.8) is 0 Å². The summed E-state index contributed by atoms with van der Waals surface area (Å²) < 4.78 is 5.89. The minimum Gasteiger partial charge on any atom is -0.377 e. The van der Waals surface area contributed by atoms with Gasteiger partial charge >= 0.3 is 0 Å². The van der Waals surface area contributed by atoms with Crippen LogP contribution in [0, 0.1) is 17.3 Å². The molecule has 4 unspecified atom stereocenters. The van der Waals surface area contributed by atoms with Crippen LogP contribution < -0.4 is 5.73 Å². The van der Waals surface area contributed by atoms with Crippen molar-refractivity contribution in [1.82, 2.24) is 4.90 Å². The van der Waals surface area contributed by atoms with Crippen molar-refractivity contribution in [3.05, 3.63) is 0 Å². The Morgan fingerprint density at radius 1 is 1.35 bits per heavy atom. The van der Waals surface area contributed by atoms with E-state index in [9.17, 15) is 4.79 Å². The van der Waals surface area contributed by atoms with E-state index in [4.69, 9.17) is 10.5 Å². The van der Waals surface area contributed by atoms with E-state index >= 15 is 0 Å². The first-order valence-corrected chi connectivity index (χ1v) is 7.99. The number of nitrogens with zero attached hydrogens (tertiary/aromatic N) is 1. The topological polar surface area (TPSA) is 55.6 Å². The molecule has 3 aliphatic rings. The molecule has 2 aliphatic carbocycles. The second-order valence-corrected chi connectivity index (χ2v) is 7.62. The molecule has 0 bridgehead atoms. The molecule has 1 heterocycles. The first-order valence-electron chi connectivity index (χ1n) is 7.99. The van der Waals surface area contributed by atoms with E-state index < -0.39 is 5.54 Å². The van der Waals surface area contributed by atoms with Gasteiger partial charge < -0.3 is 15.4 Å². The first kappa shape index (κ1) is 14.3. The average Bonchev–Trinajstić information content (AvgIpc) is 3.28. The third-order valence-electron chi connectivity index (χ3n) is 6.27. The van der Waals surface area contributed by atoms with Gasteiger partial charge in [-0.25, -0.2) is 0 Å². The Bertz CT molecular complexity index is 419. The molecule has 20 heavy (non-hydrogen) atoms. The molecule has 4 atom stereocenters. The van der Waals surface area contributed by atoms with Crippen molar-refractivity contribution in [2.24, 2.45) is 23.0 Å². The van der Waals surface area contributed by atoms with Crippen molar-refractivity contribution in [1.29, 1.82) is 0 Å². The van der Waals surface area contributed by atoms with Gasteiger partial charge in [0.15, 0.2) is 0 Å². The molecule has 4 nitrogen and oxygen atoms in total. The van der Waals surface area contributed by atoms with Crippen molar-refractivity contribution in [2.75, 3.05) is 13.7 Å². The lowest BCUT2D eigenvalue weighted by atomic mass is 9.46. The smallest absolute Gasteiger partial charge is 0.243 e. The minimum atomic E-state index is -0.754. The van der Waals surface area contributed by atoms with Crippen LogP contribution in [0.25, 0.3) is 0 Å². The molecular formula is C16H28N2O2. The molecule has 1 saturated heterocycles. The molecule has 4 heteroatoms. The van der Waals surface area contributed by atoms with Crippen molar-refractivity contribution in [3.8, 4) is 0 Å². The van der Waals surface area contributed by atoms with Crippen LogP contribution in [-0.4, -0.2) is 42.1 Å². The maximum Gasteiger partial charge on any atom is 0.243 e. The highest BCUT2D eigenvalue weighted by molar-refractivity contribution is 5.89. The van der Waals surface area contributed by atoms with E-state index in [1.807, 2.05) is 11.9 Å². The monoisotopic (exact) mass is 280 g/mol. The zero-order chi connectivity index (χ0) is 14.7. The molecule has 0 radical (unpaired) electrons. The van der Waals surface area contributed by atoms with E-state index in [0.717, 1.165) is 19.4 Å². The van der Waals surface area contributed by atoms with E-state index in [1.165, 1.54) is 12.8 Å². The highest BCUT2D eigenvalue weighted by atomic mass is 16.5. The van der Waals surface area contributed by atoms with Crippen molar-refractivity contribution in [2.45, 2.75) is 64.1 Å². The summed E-state index contributed by atoms with van der Waals surface area (Å²) >= 11 is 0. The van der Waals surface area contributed by atoms with E-state index in [1.54, 1.807) is 0 Å². The van der Waals surface area contributed by atoms with Crippen LogP contribution in [-0.2, 0) is 9.53 Å². The fourth-order valence-corrected chi connectivity index (χ4v) is 4.38. The standard InChI is InChI=1S/C16H28N2O2/c1-10(11-7-8-11)18(4)14(19)16(17)12-6-5-9-20-13(12)15(16,2)3/h10-13H,5-9,17H2,1-4H3. The number of fused-ring (bicyclic) bond motifs is 1. The number of nitrogens with two attached hydrogens (primary N) is 1. The Kier molecular flexibility index (Phi) is 3.18. The number of hydrogen-bond donors (Lipinski definition) is 1. The highest BCUT2D eigenvalue weighted by Gasteiger charge is 2.70. The number of ether oxygens (including phenoxy) is 1. The van der Waals surface area contributed by atoms with Gasteiger partial charge in [0.1, 0.15) is 5.54 Å². The largest absolute Gasteiger partial charge is 0.377 e. The van der Waals surface area contributed by atoms with Gasteiger partial charge in [-0.05, 0) is 38.5 Å². The molecule has 1 aliphatic heterocycles. The van der Waals surface area contributed by atoms with E-state index in [2.05, 4.69) is 20.8 Å². The zero-order valence-electron chi connectivity index (χ0n) is 13.2. The fraction of sp³-hybridized carbons (Fsp3) is 0.938. The summed E-state index contributed by atoms with van der Waals surface area (Å²) in [6.07, 6.45) is 4.67. The number of amides is 1. The van der Waals surface area contributed by atoms with Gasteiger partial charge in [0.2, 0.25) is 5.91 Å². The number of likely N-dealkylation sites (N-methyl/N-ethyl adjacent to an activating group) is 1. The van der Waals surface area contributed by atoms with Crippen LogP contribution in [0.4, 0.5) is 0 Å². The summed E-state index contributed by atoms with van der Waals surface area (Å²) in [6.45, 7) is 7.14. The molecule has 0 aromatic rings. The Hall–Kier alpha value is -0.610. The fourth-order valence-electron chi connectivity index (χ4n) is 4.38. The minimum absolute atomic E-state index is 0.119. The van der Waals surface area contributed by atoms with Gasteiger partial charge in [0.25, 0.3) is 0 Å². The second-order valence-electron chi connectivity index (χ2n) is 7.62. The quantitative estimate of drug-likeness (QED) is 0.857. The Morgan fingerprint density at radius 3 is 2.60 bits per heavy atom. The summed E-state index contributed by atoms with van der Waals surface area (Å²) in [5.74, 6) is 0.982. The number of carbonyl (C=O) groups is 1. The van der Waals surface area contributed by atoms with E-state index in [0.29, 0.717) is 12.0 Å². The number of carbonyl (C=O) groups excluding carboxylic acids is 1. The summed E-state index contributed by atoms with van der Waals surface area (Å²) in [7, 11) is 1.92. The van der Waals surface area contributed by atoms with Crippen LogP contribution in [0.3, 0.4) is 0 Å². The van der Waals surface area contributed by atoms with Crippen LogP contribution >= 0.6 is 0 Å². The van der Waals surface area contributed by atoms with Crippen LogP contribution in [0.2, 0.25) is 0 Å². The molecule has 3 rings (SSSR count). The average molecular weight is 280 g/mol. The summed E-state index contributed by atoms with van der Waals surface area (Å²) in [6, 6.07) is 0.308. The van der Waals surface area contributed by atoms with Crippen molar-refractivity contribution >= 4 is 5.91 Å². The summed E-state index contributed by atoms with van der Waals surface area (Å²) in [4.78, 5) is 14.9. The van der Waals surface area contributed by atoms with Crippen LogP contribution in [0.15, 0.2) is 0 Å². The number of rotatable bonds is 3. The molecule has 0 spiro atoms. The zero-order valence-corrected chi connectivity index (χ0v) is 13.2. The van der Waals surface area contributed by atoms with Gasteiger partial charge in [-0.15, -0.1) is 0 Å². The lowest BCUT2D eigenvalue weighted by Crippen LogP contribution is -2.82. The van der Waals surface area contributed by atoms with E-state index in [-0.39, 0.29) is 23.3 Å². The normalized spacial score (nSPS) is 40.5. The molecule has 3 fully saturated rings. The third-order valence-corrected chi connectivity index (χ3v) is 6.27. The predicted molar refractivity (Wildman–Crippen MR) is 78.1 cm³/mol. The SMILES string of the molecule is CC(C1CC1)N(C)C(=O)C1(N)C2CCCOC2C1(C)C. The first-order chi connectivity index (χ1) is 9.31. The Morgan fingerprint density at radius 2 is 2.00 bits per heavy atom. The molecule has 114 valence electrons. The third kappa shape index (κ3) is 1.70. The van der Waals surface area contributed by atoms with Gasteiger partial charge in [-0.1, -0.05) is 13.8 Å². The molecule has 1 amide bonds. The maximum atomic E-state index is 13.0. The van der Waals surface area contributed by atoms with Crippen LogP contribution in [0.1, 0.15) is 46.5 Å². The lowest BCUT2D eigenvalue weighted by molar-refractivity contribution is -0.230. The second kappa shape index (κ2) is 4.44. The molecule has 0 aromatic heterocycles. The molecule has 2 N–H and O–H groups in total. The van der Waals surface area contributed by atoms with Gasteiger partial charge in [-0.3, -0.25) is 4.79 Å². The van der Waals surface area contributed by atoms with Gasteiger partial charge in [0, 0.05) is 31.0 Å². The Labute approximate surface area is 122 Å². The van der Waals surface area contributed by atoms with Gasteiger partial charge in [-0.2, -0.15) is 0 Å². The van der Waals surface area contributed by atoms with Gasteiger partial charge in [0.05, 0.1) is 6.10 Å². The Balaban J connectivity index is 1.81.